The van der Waals surface area contributed by atoms with E-state index in [1.807, 2.05) is 12.3 Å². The number of hydrogen-bond acceptors (Lipinski definition) is 5. The highest BCUT2D eigenvalue weighted by molar-refractivity contribution is 7.98. The molecule has 1 atom stereocenters. The Hall–Kier alpha value is -2.33. The van der Waals surface area contributed by atoms with Crippen molar-refractivity contribution < 1.29 is 9.90 Å². The molecule has 1 N–H and O–H groups in total. The van der Waals surface area contributed by atoms with Crippen LogP contribution < -0.4 is 0 Å². The molecule has 6 nitrogen and oxygen atoms in total. The van der Waals surface area contributed by atoms with Crippen LogP contribution in [0.25, 0.3) is 11.3 Å². The van der Waals surface area contributed by atoms with Gasteiger partial charge >= 0.3 is 5.97 Å². The fourth-order valence-corrected chi connectivity index (χ4v) is 2.37. The van der Waals surface area contributed by atoms with Crippen LogP contribution in [0.15, 0.2) is 30.5 Å². The van der Waals surface area contributed by atoms with Gasteiger partial charge in [0.25, 0.3) is 0 Å². The molecule has 1 aromatic heterocycles. The Morgan fingerprint density at radius 1 is 1.57 bits per heavy atom. The highest BCUT2D eigenvalue weighted by Gasteiger charge is 2.21. The van der Waals surface area contributed by atoms with E-state index in [0.29, 0.717) is 17.7 Å². The van der Waals surface area contributed by atoms with Crippen molar-refractivity contribution in [2.24, 2.45) is 0 Å². The van der Waals surface area contributed by atoms with Crippen LogP contribution in [0.4, 0.5) is 0 Å². The Labute approximate surface area is 126 Å². The summed E-state index contributed by atoms with van der Waals surface area (Å²) < 4.78 is 1.37. The number of rotatable bonds is 6. The lowest BCUT2D eigenvalue weighted by atomic mass is 10.1. The molecule has 0 bridgehead atoms. The van der Waals surface area contributed by atoms with Crippen molar-refractivity contribution >= 4 is 17.7 Å². The fourth-order valence-electron chi connectivity index (χ4n) is 1.91. The van der Waals surface area contributed by atoms with Gasteiger partial charge in [0.1, 0.15) is 5.69 Å². The van der Waals surface area contributed by atoms with Gasteiger partial charge in [-0.15, -0.1) is 5.10 Å². The standard InChI is InChI=1S/C14H14N4O2S/c1-21-6-5-13(14(19)20)18-9-12(16-17-18)11-4-2-3-10(7-11)8-15/h2-4,7,9,13H,5-6H2,1H3,(H,19,20)/t13-/m0/s1. The highest BCUT2D eigenvalue weighted by atomic mass is 32.2. The first-order valence-electron chi connectivity index (χ1n) is 6.30. The van der Waals surface area contributed by atoms with Crippen LogP contribution in [-0.4, -0.2) is 38.1 Å². The molecule has 0 saturated carbocycles. The zero-order chi connectivity index (χ0) is 15.2. The van der Waals surface area contributed by atoms with E-state index in [-0.39, 0.29) is 0 Å². The molecule has 0 aliphatic carbocycles. The van der Waals surface area contributed by atoms with Crippen LogP contribution in [0.3, 0.4) is 0 Å². The molecule has 7 heteroatoms. The van der Waals surface area contributed by atoms with Gasteiger partial charge < -0.3 is 5.11 Å². The monoisotopic (exact) mass is 302 g/mol. The highest BCUT2D eigenvalue weighted by Crippen LogP contribution is 2.20. The molecular weight excluding hydrogens is 288 g/mol. The van der Waals surface area contributed by atoms with Crippen molar-refractivity contribution in [1.82, 2.24) is 15.0 Å². The van der Waals surface area contributed by atoms with Gasteiger partial charge in [-0.05, 0) is 30.6 Å². The molecule has 2 aromatic rings. The van der Waals surface area contributed by atoms with Crippen molar-refractivity contribution in [3.63, 3.8) is 0 Å². The Morgan fingerprint density at radius 2 is 2.38 bits per heavy atom. The van der Waals surface area contributed by atoms with Crippen LogP contribution in [0.5, 0.6) is 0 Å². The van der Waals surface area contributed by atoms with Crippen LogP contribution in [0.1, 0.15) is 18.0 Å². The van der Waals surface area contributed by atoms with E-state index in [1.54, 1.807) is 36.2 Å². The van der Waals surface area contributed by atoms with E-state index in [1.165, 1.54) is 4.68 Å². The molecule has 0 saturated heterocycles. The van der Waals surface area contributed by atoms with Crippen molar-refractivity contribution in [3.05, 3.63) is 36.0 Å². The summed E-state index contributed by atoms with van der Waals surface area (Å²) >= 11 is 1.59. The minimum absolute atomic E-state index is 0.484. The number of aromatic nitrogens is 3. The van der Waals surface area contributed by atoms with Crippen molar-refractivity contribution in [1.29, 1.82) is 5.26 Å². The van der Waals surface area contributed by atoms with Gasteiger partial charge in [-0.25, -0.2) is 9.48 Å². The number of hydrogen-bond donors (Lipinski definition) is 1. The zero-order valence-electron chi connectivity index (χ0n) is 11.4. The summed E-state index contributed by atoms with van der Waals surface area (Å²) in [7, 11) is 0. The molecule has 0 fully saturated rings. The largest absolute Gasteiger partial charge is 0.480 e. The minimum Gasteiger partial charge on any atom is -0.480 e. The van der Waals surface area contributed by atoms with Crippen LogP contribution in [0, 0.1) is 11.3 Å². The Morgan fingerprint density at radius 3 is 3.05 bits per heavy atom. The number of benzene rings is 1. The van der Waals surface area contributed by atoms with E-state index >= 15 is 0 Å². The maximum atomic E-state index is 11.3. The molecule has 0 aliphatic heterocycles. The molecule has 108 valence electrons. The Bertz CT molecular complexity index is 678. The normalized spacial score (nSPS) is 11.8. The minimum atomic E-state index is -0.925. The summed E-state index contributed by atoms with van der Waals surface area (Å²) in [5.74, 6) is -0.193. The molecule has 0 radical (unpaired) electrons. The third-order valence-corrected chi connectivity index (χ3v) is 3.64. The van der Waals surface area contributed by atoms with E-state index in [2.05, 4.69) is 16.4 Å². The number of nitrogens with zero attached hydrogens (tertiary/aromatic N) is 4. The topological polar surface area (TPSA) is 91.8 Å². The number of thioether (sulfide) groups is 1. The zero-order valence-corrected chi connectivity index (χ0v) is 12.2. The summed E-state index contributed by atoms with van der Waals surface area (Å²) in [6.07, 6.45) is 4.02. The van der Waals surface area contributed by atoms with E-state index in [0.717, 1.165) is 11.3 Å². The van der Waals surface area contributed by atoms with Gasteiger partial charge in [0.05, 0.1) is 17.8 Å². The SMILES string of the molecule is CSCC[C@@H](C(=O)O)n1cc(-c2cccc(C#N)c2)nn1. The number of carboxylic acid groups (broad SMARTS) is 1. The second-order valence-corrected chi connectivity index (χ2v) is 5.40. The smallest absolute Gasteiger partial charge is 0.328 e. The summed E-state index contributed by atoms with van der Waals surface area (Å²) in [5.41, 5.74) is 1.83. The number of carboxylic acids is 1. The molecule has 0 amide bonds. The lowest BCUT2D eigenvalue weighted by molar-refractivity contribution is -0.141. The maximum Gasteiger partial charge on any atom is 0.328 e. The van der Waals surface area contributed by atoms with Gasteiger partial charge in [-0.3, -0.25) is 0 Å². The molecule has 0 spiro atoms. The first kappa shape index (κ1) is 15.1. The number of aliphatic carboxylic acids is 1. The van der Waals surface area contributed by atoms with Crippen LogP contribution >= 0.6 is 11.8 Å². The maximum absolute atomic E-state index is 11.3. The van der Waals surface area contributed by atoms with Crippen molar-refractivity contribution in [2.45, 2.75) is 12.5 Å². The molecule has 1 aromatic carbocycles. The fraction of sp³-hybridized carbons (Fsp3) is 0.286. The summed E-state index contributed by atoms with van der Waals surface area (Å²) in [6.45, 7) is 0. The van der Waals surface area contributed by atoms with Gasteiger partial charge in [0.2, 0.25) is 0 Å². The van der Waals surface area contributed by atoms with E-state index in [9.17, 15) is 9.90 Å². The number of carbonyl (C=O) groups is 1. The Balaban J connectivity index is 2.27. The van der Waals surface area contributed by atoms with Gasteiger partial charge in [-0.1, -0.05) is 17.3 Å². The van der Waals surface area contributed by atoms with E-state index < -0.39 is 12.0 Å². The van der Waals surface area contributed by atoms with Crippen LogP contribution in [0.2, 0.25) is 0 Å². The second-order valence-electron chi connectivity index (χ2n) is 4.41. The Kier molecular flexibility index (Phi) is 4.95. The third kappa shape index (κ3) is 3.61. The van der Waals surface area contributed by atoms with Crippen molar-refractivity contribution in [3.8, 4) is 17.3 Å². The summed E-state index contributed by atoms with van der Waals surface area (Å²) in [4.78, 5) is 11.3. The van der Waals surface area contributed by atoms with Gasteiger partial charge in [0, 0.05) is 5.56 Å². The third-order valence-electron chi connectivity index (χ3n) is 3.00. The predicted octanol–water partition coefficient (Wildman–Crippen LogP) is 2.20. The molecule has 2 rings (SSSR count). The van der Waals surface area contributed by atoms with Crippen molar-refractivity contribution in [2.75, 3.05) is 12.0 Å². The summed E-state index contributed by atoms with van der Waals surface area (Å²) in [6, 6.07) is 8.31. The lowest BCUT2D eigenvalue weighted by Crippen LogP contribution is -2.20. The molecular formula is C14H14N4O2S. The first-order chi connectivity index (χ1) is 10.2. The van der Waals surface area contributed by atoms with Gasteiger partial charge in [0.15, 0.2) is 6.04 Å². The number of nitriles is 1. The van der Waals surface area contributed by atoms with Crippen LogP contribution in [-0.2, 0) is 4.79 Å². The lowest BCUT2D eigenvalue weighted by Gasteiger charge is -2.10. The first-order valence-corrected chi connectivity index (χ1v) is 7.69. The predicted molar refractivity (Wildman–Crippen MR) is 79.8 cm³/mol. The summed E-state index contributed by atoms with van der Waals surface area (Å²) in [5, 5.41) is 26.1. The quantitative estimate of drug-likeness (QED) is 0.879. The second kappa shape index (κ2) is 6.90. The van der Waals surface area contributed by atoms with Gasteiger partial charge in [-0.2, -0.15) is 17.0 Å². The molecule has 21 heavy (non-hydrogen) atoms. The van der Waals surface area contributed by atoms with E-state index in [4.69, 9.17) is 5.26 Å². The molecule has 0 aliphatic rings. The average molecular weight is 302 g/mol. The average Bonchev–Trinajstić information content (AvgIpc) is 2.97. The molecule has 1 heterocycles. The molecule has 0 unspecified atom stereocenters.